The molecule has 26 heavy (non-hydrogen) atoms. The quantitative estimate of drug-likeness (QED) is 0.190. The molecule has 1 heteroatoms. The normalized spacial score (nSPS) is 12.7. The molecule has 0 atom stereocenters. The first kappa shape index (κ1) is 24.4. The molecule has 0 unspecified atom stereocenters. The molecule has 0 aliphatic carbocycles. The number of ketones is 1. The molecule has 0 bridgehead atoms. The summed E-state index contributed by atoms with van der Waals surface area (Å²) in [5, 5.41) is 0. The van der Waals surface area contributed by atoms with Gasteiger partial charge in [-0.3, -0.25) is 0 Å². The zero-order valence-corrected chi connectivity index (χ0v) is 17.2. The molecular formula is C25H40O. The lowest BCUT2D eigenvalue weighted by atomic mass is 10.1. The van der Waals surface area contributed by atoms with E-state index >= 15 is 0 Å². The van der Waals surface area contributed by atoms with Gasteiger partial charge in [0.15, 0.2) is 0 Å². The SMILES string of the molecule is CC/C=C\C/C=C\C/C=C\C/C=C\C/C=C\CCCCCCCC(C)=O. The third kappa shape index (κ3) is 22.4. The summed E-state index contributed by atoms with van der Waals surface area (Å²) in [7, 11) is 0. The number of hydrogen-bond acceptors (Lipinski definition) is 1. The summed E-state index contributed by atoms with van der Waals surface area (Å²) < 4.78 is 0. The Hall–Kier alpha value is -1.63. The Bertz CT molecular complexity index is 449. The van der Waals surface area contributed by atoms with Crippen LogP contribution in [0.25, 0.3) is 0 Å². The third-order valence-corrected chi connectivity index (χ3v) is 4.06. The number of carbonyl (C=O) groups excluding carboxylic acids is 1. The minimum absolute atomic E-state index is 0.323. The first-order chi connectivity index (χ1) is 12.8. The van der Waals surface area contributed by atoms with Gasteiger partial charge in [-0.15, -0.1) is 0 Å². The Morgan fingerprint density at radius 1 is 0.577 bits per heavy atom. The van der Waals surface area contributed by atoms with E-state index in [1.807, 2.05) is 0 Å². The van der Waals surface area contributed by atoms with Crippen molar-refractivity contribution in [2.75, 3.05) is 0 Å². The lowest BCUT2D eigenvalue weighted by Gasteiger charge is -1.98. The van der Waals surface area contributed by atoms with Gasteiger partial charge in [0.25, 0.3) is 0 Å². The second-order valence-electron chi connectivity index (χ2n) is 6.72. The molecule has 0 fully saturated rings. The van der Waals surface area contributed by atoms with Gasteiger partial charge >= 0.3 is 0 Å². The number of rotatable bonds is 17. The fourth-order valence-corrected chi connectivity index (χ4v) is 2.54. The Morgan fingerprint density at radius 2 is 1.00 bits per heavy atom. The van der Waals surface area contributed by atoms with Crippen LogP contribution in [0.3, 0.4) is 0 Å². The molecule has 0 amide bonds. The first-order valence-corrected chi connectivity index (χ1v) is 10.5. The Labute approximate surface area is 162 Å². The van der Waals surface area contributed by atoms with Crippen LogP contribution in [-0.2, 0) is 4.79 Å². The van der Waals surface area contributed by atoms with Crippen molar-refractivity contribution in [1.29, 1.82) is 0 Å². The maximum absolute atomic E-state index is 10.8. The molecule has 0 spiro atoms. The van der Waals surface area contributed by atoms with Crippen molar-refractivity contribution in [3.8, 4) is 0 Å². The van der Waals surface area contributed by atoms with Crippen molar-refractivity contribution in [2.24, 2.45) is 0 Å². The Morgan fingerprint density at radius 3 is 1.50 bits per heavy atom. The summed E-state index contributed by atoms with van der Waals surface area (Å²) in [6.07, 6.45) is 35.7. The number of unbranched alkanes of at least 4 members (excludes halogenated alkanes) is 5. The summed E-state index contributed by atoms with van der Waals surface area (Å²) in [6, 6.07) is 0. The van der Waals surface area contributed by atoms with Crippen LogP contribution in [-0.4, -0.2) is 5.78 Å². The van der Waals surface area contributed by atoms with Gasteiger partial charge in [-0.25, -0.2) is 0 Å². The Balaban J connectivity index is 3.38. The van der Waals surface area contributed by atoms with Crippen LogP contribution in [0.4, 0.5) is 0 Å². The molecule has 0 aromatic heterocycles. The number of hydrogen-bond donors (Lipinski definition) is 0. The molecule has 1 nitrogen and oxygen atoms in total. The van der Waals surface area contributed by atoms with E-state index in [2.05, 4.69) is 67.7 Å². The standard InChI is InChI=1S/C25H40O/c1-3-4-5-6-7-8-9-10-11-12-13-14-15-16-17-18-19-20-21-22-23-24-25(2)26/h4-5,7-8,10-11,13-14,16-17H,3,6,9,12,15,18-24H2,1-2H3/b5-4-,8-7-,11-10-,14-13-,17-16-. The lowest BCUT2D eigenvalue weighted by Crippen LogP contribution is -1.89. The largest absolute Gasteiger partial charge is 0.300 e. The van der Waals surface area contributed by atoms with E-state index in [0.717, 1.165) is 44.9 Å². The zero-order valence-electron chi connectivity index (χ0n) is 17.2. The molecule has 0 aromatic carbocycles. The second-order valence-corrected chi connectivity index (χ2v) is 6.72. The van der Waals surface area contributed by atoms with Crippen molar-refractivity contribution in [3.05, 3.63) is 60.8 Å². The molecule has 0 aliphatic heterocycles. The summed E-state index contributed by atoms with van der Waals surface area (Å²) in [5.41, 5.74) is 0. The average Bonchev–Trinajstić information content (AvgIpc) is 2.62. The first-order valence-electron chi connectivity index (χ1n) is 10.5. The van der Waals surface area contributed by atoms with E-state index in [9.17, 15) is 4.79 Å². The predicted octanol–water partition coefficient (Wildman–Crippen LogP) is 8.06. The van der Waals surface area contributed by atoms with Gasteiger partial charge in [0, 0.05) is 6.42 Å². The van der Waals surface area contributed by atoms with Crippen LogP contribution in [0.2, 0.25) is 0 Å². The van der Waals surface area contributed by atoms with Gasteiger partial charge in [0.05, 0.1) is 0 Å². The third-order valence-electron chi connectivity index (χ3n) is 4.06. The van der Waals surface area contributed by atoms with E-state index in [4.69, 9.17) is 0 Å². The summed E-state index contributed by atoms with van der Waals surface area (Å²) >= 11 is 0. The van der Waals surface area contributed by atoms with Crippen molar-refractivity contribution in [1.82, 2.24) is 0 Å². The molecule has 146 valence electrons. The lowest BCUT2D eigenvalue weighted by molar-refractivity contribution is -0.117. The van der Waals surface area contributed by atoms with E-state index in [0.29, 0.717) is 5.78 Å². The van der Waals surface area contributed by atoms with Crippen LogP contribution in [0, 0.1) is 0 Å². The topological polar surface area (TPSA) is 17.1 Å². The van der Waals surface area contributed by atoms with Crippen LogP contribution in [0.5, 0.6) is 0 Å². The van der Waals surface area contributed by atoms with E-state index in [1.54, 1.807) is 6.92 Å². The highest BCUT2D eigenvalue weighted by molar-refractivity contribution is 5.75. The highest BCUT2D eigenvalue weighted by Crippen LogP contribution is 2.08. The van der Waals surface area contributed by atoms with Gasteiger partial charge in [-0.1, -0.05) is 86.9 Å². The van der Waals surface area contributed by atoms with E-state index in [1.165, 1.54) is 32.1 Å². The highest BCUT2D eigenvalue weighted by atomic mass is 16.1. The smallest absolute Gasteiger partial charge is 0.129 e. The second kappa shape index (κ2) is 21.4. The fraction of sp³-hybridized carbons (Fsp3) is 0.560. The van der Waals surface area contributed by atoms with Gasteiger partial charge in [0.2, 0.25) is 0 Å². The van der Waals surface area contributed by atoms with Crippen LogP contribution < -0.4 is 0 Å². The predicted molar refractivity (Wildman–Crippen MR) is 117 cm³/mol. The number of carbonyl (C=O) groups is 1. The van der Waals surface area contributed by atoms with Crippen molar-refractivity contribution >= 4 is 5.78 Å². The van der Waals surface area contributed by atoms with Gasteiger partial charge in [-0.2, -0.15) is 0 Å². The van der Waals surface area contributed by atoms with Crippen LogP contribution in [0.15, 0.2) is 60.8 Å². The maximum Gasteiger partial charge on any atom is 0.129 e. The number of Topliss-reactive ketones (excluding diaryl/α,β-unsaturated/α-hetero) is 1. The highest BCUT2D eigenvalue weighted by Gasteiger charge is 1.93. The molecule has 0 rings (SSSR count). The van der Waals surface area contributed by atoms with Crippen molar-refractivity contribution in [3.63, 3.8) is 0 Å². The minimum atomic E-state index is 0.323. The fourth-order valence-electron chi connectivity index (χ4n) is 2.54. The average molecular weight is 357 g/mol. The summed E-state index contributed by atoms with van der Waals surface area (Å²) in [6.45, 7) is 3.84. The molecule has 0 aliphatic rings. The van der Waals surface area contributed by atoms with Crippen molar-refractivity contribution in [2.45, 2.75) is 90.9 Å². The molecule has 0 heterocycles. The molecular weight excluding hydrogens is 316 g/mol. The van der Waals surface area contributed by atoms with Gasteiger partial charge in [0.1, 0.15) is 5.78 Å². The van der Waals surface area contributed by atoms with Gasteiger partial charge in [-0.05, 0) is 58.3 Å². The summed E-state index contributed by atoms with van der Waals surface area (Å²) in [4.78, 5) is 10.8. The minimum Gasteiger partial charge on any atom is -0.300 e. The maximum atomic E-state index is 10.8. The zero-order chi connectivity index (χ0) is 19.1. The molecule has 0 saturated heterocycles. The molecule has 0 saturated carbocycles. The van der Waals surface area contributed by atoms with Crippen LogP contribution in [0.1, 0.15) is 90.9 Å². The van der Waals surface area contributed by atoms with Crippen LogP contribution >= 0.6 is 0 Å². The Kier molecular flexibility index (Phi) is 20.1. The molecule has 0 aromatic rings. The monoisotopic (exact) mass is 356 g/mol. The summed E-state index contributed by atoms with van der Waals surface area (Å²) in [5.74, 6) is 0.323. The van der Waals surface area contributed by atoms with E-state index < -0.39 is 0 Å². The molecule has 0 N–H and O–H groups in total. The molecule has 0 radical (unpaired) electrons. The van der Waals surface area contributed by atoms with Crippen molar-refractivity contribution < 1.29 is 4.79 Å². The number of allylic oxidation sites excluding steroid dienone is 10. The van der Waals surface area contributed by atoms with Gasteiger partial charge < -0.3 is 4.79 Å². The van der Waals surface area contributed by atoms with E-state index in [-0.39, 0.29) is 0 Å².